The van der Waals surface area contributed by atoms with Gasteiger partial charge in [0.25, 0.3) is 0 Å². The minimum atomic E-state index is -0.0527. The molecule has 0 saturated heterocycles. The summed E-state index contributed by atoms with van der Waals surface area (Å²) in [5.74, 6) is 1.06. The molecule has 1 aliphatic carbocycles. The zero-order chi connectivity index (χ0) is 12.5. The zero-order valence-electron chi connectivity index (χ0n) is 10.8. The minimum absolute atomic E-state index is 0.0527. The van der Waals surface area contributed by atoms with Crippen molar-refractivity contribution in [2.75, 3.05) is 25.7 Å². The Morgan fingerprint density at radius 1 is 1.47 bits per heavy atom. The molecule has 0 bridgehead atoms. The van der Waals surface area contributed by atoms with Crippen molar-refractivity contribution in [3.63, 3.8) is 0 Å². The molecule has 100 valence electrons. The molecule has 0 heterocycles. The number of methoxy groups -OCH3 is 1. The number of urea groups is 1. The Balaban J connectivity index is 2.12. The second-order valence-electron chi connectivity index (χ2n) is 4.47. The molecule has 1 unspecified atom stereocenters. The monoisotopic (exact) mass is 260 g/mol. The lowest BCUT2D eigenvalue weighted by Crippen LogP contribution is -2.44. The Kier molecular flexibility index (Phi) is 7.44. The summed E-state index contributed by atoms with van der Waals surface area (Å²) in [5, 5.41) is 5.89. The molecule has 17 heavy (non-hydrogen) atoms. The second-order valence-corrected chi connectivity index (χ2v) is 5.46. The van der Waals surface area contributed by atoms with Gasteiger partial charge < -0.3 is 15.4 Å². The number of rotatable bonds is 7. The summed E-state index contributed by atoms with van der Waals surface area (Å²) >= 11 is 1.80. The fraction of sp³-hybridized carbons (Fsp3) is 0.917. The maximum Gasteiger partial charge on any atom is 0.315 e. The van der Waals surface area contributed by atoms with Crippen LogP contribution in [0.1, 0.15) is 32.1 Å². The Hall–Kier alpha value is -0.420. The molecule has 1 saturated carbocycles. The summed E-state index contributed by atoms with van der Waals surface area (Å²) in [4.78, 5) is 11.6. The van der Waals surface area contributed by atoms with Gasteiger partial charge in [-0.2, -0.15) is 11.8 Å². The van der Waals surface area contributed by atoms with E-state index in [4.69, 9.17) is 4.74 Å². The number of hydrogen-bond acceptors (Lipinski definition) is 3. The van der Waals surface area contributed by atoms with Gasteiger partial charge in [0.1, 0.15) is 0 Å². The largest absolute Gasteiger partial charge is 0.380 e. The van der Waals surface area contributed by atoms with Crippen molar-refractivity contribution in [1.82, 2.24) is 10.6 Å². The molecule has 1 rings (SSSR count). The Labute approximate surface area is 108 Å². The van der Waals surface area contributed by atoms with Gasteiger partial charge in [0.2, 0.25) is 0 Å². The standard InChI is InChI=1S/C12H24N2O2S/c1-16-11(7-8-17-2)9-13-12(15)14-10-5-3-4-6-10/h10-11H,3-9H2,1-2H3,(H2,13,14,15). The van der Waals surface area contributed by atoms with Gasteiger partial charge >= 0.3 is 6.03 Å². The van der Waals surface area contributed by atoms with Gasteiger partial charge in [-0.3, -0.25) is 0 Å². The van der Waals surface area contributed by atoms with Gasteiger partial charge in [0.15, 0.2) is 0 Å². The molecule has 5 heteroatoms. The van der Waals surface area contributed by atoms with Crippen LogP contribution in [-0.4, -0.2) is 43.8 Å². The highest BCUT2D eigenvalue weighted by Crippen LogP contribution is 2.17. The van der Waals surface area contributed by atoms with Crippen molar-refractivity contribution >= 4 is 17.8 Å². The van der Waals surface area contributed by atoms with Crippen LogP contribution in [0, 0.1) is 0 Å². The van der Waals surface area contributed by atoms with Crippen LogP contribution in [0.4, 0.5) is 4.79 Å². The summed E-state index contributed by atoms with van der Waals surface area (Å²) < 4.78 is 5.32. The summed E-state index contributed by atoms with van der Waals surface area (Å²) in [6.07, 6.45) is 7.88. The van der Waals surface area contributed by atoms with Crippen molar-refractivity contribution in [1.29, 1.82) is 0 Å². The van der Waals surface area contributed by atoms with Crippen molar-refractivity contribution < 1.29 is 9.53 Å². The molecule has 0 radical (unpaired) electrons. The third-order valence-electron chi connectivity index (χ3n) is 3.16. The average molecular weight is 260 g/mol. The second kappa shape index (κ2) is 8.64. The van der Waals surface area contributed by atoms with Crippen LogP contribution in [0.2, 0.25) is 0 Å². The van der Waals surface area contributed by atoms with Crippen LogP contribution in [0.25, 0.3) is 0 Å². The van der Waals surface area contributed by atoms with Gasteiger partial charge in [-0.1, -0.05) is 12.8 Å². The summed E-state index contributed by atoms with van der Waals surface area (Å²) in [6, 6.07) is 0.324. The summed E-state index contributed by atoms with van der Waals surface area (Å²) in [7, 11) is 1.70. The molecule has 0 aromatic rings. The van der Waals surface area contributed by atoms with Crippen molar-refractivity contribution in [2.24, 2.45) is 0 Å². The molecule has 0 aromatic carbocycles. The fourth-order valence-corrected chi connectivity index (χ4v) is 2.56. The van der Waals surface area contributed by atoms with Gasteiger partial charge in [0.05, 0.1) is 6.10 Å². The van der Waals surface area contributed by atoms with E-state index in [1.54, 1.807) is 18.9 Å². The molecule has 1 aliphatic rings. The number of thioether (sulfide) groups is 1. The first-order chi connectivity index (χ1) is 8.26. The lowest BCUT2D eigenvalue weighted by molar-refractivity contribution is 0.101. The molecule has 0 aliphatic heterocycles. The molecule has 0 aromatic heterocycles. The van der Waals surface area contributed by atoms with Crippen molar-refractivity contribution in [3.8, 4) is 0 Å². The lowest BCUT2D eigenvalue weighted by Gasteiger charge is -2.17. The molecule has 1 fully saturated rings. The van der Waals surface area contributed by atoms with Crippen LogP contribution in [-0.2, 0) is 4.74 Å². The number of carbonyl (C=O) groups is 1. The van der Waals surface area contributed by atoms with E-state index in [1.807, 2.05) is 0 Å². The fourth-order valence-electron chi connectivity index (χ4n) is 2.07. The molecule has 4 nitrogen and oxygen atoms in total. The smallest absolute Gasteiger partial charge is 0.315 e. The maximum atomic E-state index is 11.6. The topological polar surface area (TPSA) is 50.4 Å². The number of ether oxygens (including phenoxy) is 1. The molecule has 2 amide bonds. The highest BCUT2D eigenvalue weighted by atomic mass is 32.2. The van der Waals surface area contributed by atoms with E-state index in [0.29, 0.717) is 12.6 Å². The third-order valence-corrected chi connectivity index (χ3v) is 3.80. The van der Waals surface area contributed by atoms with Crippen LogP contribution in [0.5, 0.6) is 0 Å². The summed E-state index contributed by atoms with van der Waals surface area (Å²) in [6.45, 7) is 0.593. The normalized spacial score (nSPS) is 18.0. The molecular formula is C12H24N2O2S. The SMILES string of the molecule is COC(CCSC)CNC(=O)NC1CCCC1. The third kappa shape index (κ3) is 6.17. The number of carbonyl (C=O) groups excluding carboxylic acids is 1. The number of hydrogen-bond donors (Lipinski definition) is 2. The molecule has 1 atom stereocenters. The molecular weight excluding hydrogens is 236 g/mol. The van der Waals surface area contributed by atoms with Crippen LogP contribution >= 0.6 is 11.8 Å². The Bertz CT molecular complexity index is 221. The van der Waals surface area contributed by atoms with Gasteiger partial charge in [0, 0.05) is 19.7 Å². The van der Waals surface area contributed by atoms with E-state index in [-0.39, 0.29) is 12.1 Å². The van der Waals surface area contributed by atoms with Crippen molar-refractivity contribution in [3.05, 3.63) is 0 Å². The number of nitrogens with one attached hydrogen (secondary N) is 2. The zero-order valence-corrected chi connectivity index (χ0v) is 11.6. The van der Waals surface area contributed by atoms with E-state index in [9.17, 15) is 4.79 Å². The maximum absolute atomic E-state index is 11.6. The van der Waals surface area contributed by atoms with E-state index < -0.39 is 0 Å². The predicted molar refractivity (Wildman–Crippen MR) is 72.6 cm³/mol. The van der Waals surface area contributed by atoms with Gasteiger partial charge in [-0.25, -0.2) is 4.79 Å². The van der Waals surface area contributed by atoms with Crippen LogP contribution < -0.4 is 10.6 Å². The highest BCUT2D eigenvalue weighted by Gasteiger charge is 2.17. The first kappa shape index (κ1) is 14.6. The average Bonchev–Trinajstić information content (AvgIpc) is 2.82. The minimum Gasteiger partial charge on any atom is -0.380 e. The predicted octanol–water partition coefficient (Wildman–Crippen LogP) is 2.00. The van der Waals surface area contributed by atoms with Gasteiger partial charge in [-0.15, -0.1) is 0 Å². The summed E-state index contributed by atoms with van der Waals surface area (Å²) in [5.41, 5.74) is 0. The van der Waals surface area contributed by atoms with Crippen LogP contribution in [0.15, 0.2) is 0 Å². The van der Waals surface area contributed by atoms with Crippen molar-refractivity contribution in [2.45, 2.75) is 44.2 Å². The lowest BCUT2D eigenvalue weighted by atomic mass is 10.2. The Morgan fingerprint density at radius 2 is 2.18 bits per heavy atom. The highest BCUT2D eigenvalue weighted by molar-refractivity contribution is 7.98. The van der Waals surface area contributed by atoms with Gasteiger partial charge in [-0.05, 0) is 31.3 Å². The molecule has 0 spiro atoms. The number of amides is 2. The van der Waals surface area contributed by atoms with E-state index in [0.717, 1.165) is 25.0 Å². The molecule has 2 N–H and O–H groups in total. The Morgan fingerprint density at radius 3 is 2.76 bits per heavy atom. The van der Waals surface area contributed by atoms with E-state index in [1.165, 1.54) is 12.8 Å². The quantitative estimate of drug-likeness (QED) is 0.736. The van der Waals surface area contributed by atoms with E-state index in [2.05, 4.69) is 16.9 Å². The first-order valence-electron chi connectivity index (χ1n) is 6.32. The van der Waals surface area contributed by atoms with E-state index >= 15 is 0 Å². The van der Waals surface area contributed by atoms with Crippen LogP contribution in [0.3, 0.4) is 0 Å². The first-order valence-corrected chi connectivity index (χ1v) is 7.71.